The van der Waals surface area contributed by atoms with Crippen molar-refractivity contribution in [3.05, 3.63) is 88.4 Å². The van der Waals surface area contributed by atoms with E-state index in [1.165, 1.54) is 0 Å². The van der Waals surface area contributed by atoms with Crippen LogP contribution in [0.3, 0.4) is 0 Å². The first kappa shape index (κ1) is 19.1. The molecule has 0 spiro atoms. The maximum absolute atomic E-state index is 12.4. The molecule has 0 radical (unpaired) electrons. The van der Waals surface area contributed by atoms with E-state index in [1.54, 1.807) is 42.5 Å². The van der Waals surface area contributed by atoms with Gasteiger partial charge in [0.25, 0.3) is 5.91 Å². The third-order valence-corrected chi connectivity index (χ3v) is 4.31. The van der Waals surface area contributed by atoms with Crippen LogP contribution in [-0.2, 0) is 0 Å². The van der Waals surface area contributed by atoms with E-state index in [4.69, 9.17) is 32.7 Å². The van der Waals surface area contributed by atoms with Crippen molar-refractivity contribution in [1.82, 2.24) is 0 Å². The number of carbonyl (C=O) groups excluding carboxylic acids is 1. The van der Waals surface area contributed by atoms with E-state index in [9.17, 15) is 4.79 Å². The number of para-hydroxylation sites is 2. The fraction of sp³-hybridized carbons (Fsp3) is 0.0952. The van der Waals surface area contributed by atoms with Gasteiger partial charge in [0.05, 0.1) is 15.7 Å². The van der Waals surface area contributed by atoms with Crippen molar-refractivity contribution in [3.8, 4) is 11.5 Å². The van der Waals surface area contributed by atoms with Gasteiger partial charge in [0.2, 0.25) is 0 Å². The maximum atomic E-state index is 12.4. The number of benzene rings is 3. The molecule has 3 aromatic carbocycles. The predicted molar refractivity (Wildman–Crippen MR) is 108 cm³/mol. The molecule has 0 heterocycles. The van der Waals surface area contributed by atoms with Gasteiger partial charge in [0, 0.05) is 5.56 Å². The molecule has 1 amide bonds. The van der Waals surface area contributed by atoms with Crippen LogP contribution >= 0.6 is 23.2 Å². The van der Waals surface area contributed by atoms with Crippen LogP contribution in [0.2, 0.25) is 10.0 Å². The highest BCUT2D eigenvalue weighted by atomic mass is 35.5. The average Bonchev–Trinajstić information content (AvgIpc) is 2.69. The van der Waals surface area contributed by atoms with Crippen LogP contribution in [0.4, 0.5) is 5.69 Å². The van der Waals surface area contributed by atoms with Crippen LogP contribution in [0.15, 0.2) is 72.8 Å². The Morgan fingerprint density at radius 2 is 1.30 bits per heavy atom. The first-order valence-electron chi connectivity index (χ1n) is 8.29. The summed E-state index contributed by atoms with van der Waals surface area (Å²) in [7, 11) is 0. The molecule has 0 unspecified atom stereocenters. The molecule has 3 aromatic rings. The first-order chi connectivity index (χ1) is 13.1. The van der Waals surface area contributed by atoms with E-state index in [2.05, 4.69) is 5.32 Å². The second kappa shape index (κ2) is 9.31. The van der Waals surface area contributed by atoms with E-state index >= 15 is 0 Å². The summed E-state index contributed by atoms with van der Waals surface area (Å²) in [4.78, 5) is 12.4. The maximum Gasteiger partial charge on any atom is 0.255 e. The van der Waals surface area contributed by atoms with Crippen molar-refractivity contribution in [2.45, 2.75) is 0 Å². The fourth-order valence-corrected chi connectivity index (χ4v) is 2.83. The van der Waals surface area contributed by atoms with Gasteiger partial charge in [-0.05, 0) is 48.5 Å². The molecule has 0 fully saturated rings. The molecule has 0 aliphatic heterocycles. The predicted octanol–water partition coefficient (Wildman–Crippen LogP) is 5.70. The minimum absolute atomic E-state index is 0.302. The zero-order valence-corrected chi connectivity index (χ0v) is 15.8. The lowest BCUT2D eigenvalue weighted by Gasteiger charge is -2.10. The van der Waals surface area contributed by atoms with Crippen LogP contribution in [0.25, 0.3) is 0 Å². The Kier molecular flexibility index (Phi) is 6.58. The summed E-state index contributed by atoms with van der Waals surface area (Å²) in [5.74, 6) is 1.15. The Balaban J connectivity index is 1.51. The Hall–Kier alpha value is -2.69. The summed E-state index contributed by atoms with van der Waals surface area (Å²) in [5, 5.41) is 3.49. The van der Waals surface area contributed by atoms with E-state index in [0.717, 1.165) is 5.75 Å². The van der Waals surface area contributed by atoms with Crippen LogP contribution in [0.5, 0.6) is 11.5 Å². The minimum atomic E-state index is -0.302. The second-order valence-electron chi connectivity index (χ2n) is 5.59. The zero-order chi connectivity index (χ0) is 19.1. The fourth-order valence-electron chi connectivity index (χ4n) is 2.34. The SMILES string of the molecule is O=C(Nc1c(Cl)cccc1Cl)c1ccc(OCCOc2ccccc2)cc1. The van der Waals surface area contributed by atoms with Gasteiger partial charge in [-0.3, -0.25) is 4.79 Å². The molecule has 3 rings (SSSR count). The standard InChI is InChI=1S/C21H17Cl2NO3/c22-18-7-4-8-19(23)20(18)24-21(25)15-9-11-17(12-10-15)27-14-13-26-16-5-2-1-3-6-16/h1-12H,13-14H2,(H,24,25). The number of nitrogens with one attached hydrogen (secondary N) is 1. The van der Waals surface area contributed by atoms with Gasteiger partial charge in [0.1, 0.15) is 24.7 Å². The number of halogens is 2. The highest BCUT2D eigenvalue weighted by molar-refractivity contribution is 6.40. The molecular formula is C21H17Cl2NO3. The number of carbonyl (C=O) groups is 1. The first-order valence-corrected chi connectivity index (χ1v) is 9.05. The topological polar surface area (TPSA) is 47.6 Å². The van der Waals surface area contributed by atoms with Gasteiger partial charge in [-0.1, -0.05) is 47.5 Å². The lowest BCUT2D eigenvalue weighted by atomic mass is 10.2. The van der Waals surface area contributed by atoms with Crippen molar-refractivity contribution in [1.29, 1.82) is 0 Å². The third kappa shape index (κ3) is 5.39. The lowest BCUT2D eigenvalue weighted by molar-refractivity contribution is 0.102. The van der Waals surface area contributed by atoms with Gasteiger partial charge >= 0.3 is 0 Å². The van der Waals surface area contributed by atoms with Crippen molar-refractivity contribution in [2.75, 3.05) is 18.5 Å². The molecule has 0 aliphatic rings. The van der Waals surface area contributed by atoms with Crippen LogP contribution < -0.4 is 14.8 Å². The molecule has 0 saturated carbocycles. The smallest absolute Gasteiger partial charge is 0.255 e. The third-order valence-electron chi connectivity index (χ3n) is 3.68. The van der Waals surface area contributed by atoms with E-state index < -0.39 is 0 Å². The molecule has 27 heavy (non-hydrogen) atoms. The monoisotopic (exact) mass is 401 g/mol. The van der Waals surface area contributed by atoms with Crippen LogP contribution in [0, 0.1) is 0 Å². The van der Waals surface area contributed by atoms with Gasteiger partial charge < -0.3 is 14.8 Å². The van der Waals surface area contributed by atoms with Crippen LogP contribution in [-0.4, -0.2) is 19.1 Å². The van der Waals surface area contributed by atoms with Crippen molar-refractivity contribution in [3.63, 3.8) is 0 Å². The van der Waals surface area contributed by atoms with E-state index in [-0.39, 0.29) is 5.91 Å². The number of ether oxygens (including phenoxy) is 2. The highest BCUT2D eigenvalue weighted by Gasteiger charge is 2.11. The Bertz CT molecular complexity index is 879. The number of rotatable bonds is 7. The molecular weight excluding hydrogens is 385 g/mol. The number of amides is 1. The summed E-state index contributed by atoms with van der Waals surface area (Å²) >= 11 is 12.1. The molecule has 138 valence electrons. The summed E-state index contributed by atoms with van der Waals surface area (Å²) < 4.78 is 11.2. The number of anilines is 1. The molecule has 0 saturated heterocycles. The van der Waals surface area contributed by atoms with Crippen molar-refractivity contribution >= 4 is 34.8 Å². The lowest BCUT2D eigenvalue weighted by Crippen LogP contribution is -2.13. The summed E-state index contributed by atoms with van der Waals surface area (Å²) in [6.45, 7) is 0.826. The number of hydrogen-bond acceptors (Lipinski definition) is 3. The zero-order valence-electron chi connectivity index (χ0n) is 14.3. The minimum Gasteiger partial charge on any atom is -0.490 e. The summed E-state index contributed by atoms with van der Waals surface area (Å²) in [6.07, 6.45) is 0. The quantitative estimate of drug-likeness (QED) is 0.516. The molecule has 4 nitrogen and oxygen atoms in total. The molecule has 0 bridgehead atoms. The molecule has 0 aliphatic carbocycles. The summed E-state index contributed by atoms with van der Waals surface area (Å²) in [6, 6.07) is 21.4. The second-order valence-corrected chi connectivity index (χ2v) is 6.40. The van der Waals surface area contributed by atoms with Gasteiger partial charge in [-0.15, -0.1) is 0 Å². The highest BCUT2D eigenvalue weighted by Crippen LogP contribution is 2.30. The summed E-state index contributed by atoms with van der Waals surface area (Å²) in [5.41, 5.74) is 0.864. The molecule has 0 aromatic heterocycles. The van der Waals surface area contributed by atoms with Crippen molar-refractivity contribution < 1.29 is 14.3 Å². The van der Waals surface area contributed by atoms with Crippen molar-refractivity contribution in [2.24, 2.45) is 0 Å². The van der Waals surface area contributed by atoms with Crippen LogP contribution in [0.1, 0.15) is 10.4 Å². The van der Waals surface area contributed by atoms with Gasteiger partial charge in [0.15, 0.2) is 0 Å². The van der Waals surface area contributed by atoms with E-state index in [0.29, 0.717) is 40.3 Å². The Labute approximate surface area is 167 Å². The van der Waals surface area contributed by atoms with Gasteiger partial charge in [-0.25, -0.2) is 0 Å². The van der Waals surface area contributed by atoms with E-state index in [1.807, 2.05) is 30.3 Å². The van der Waals surface area contributed by atoms with Gasteiger partial charge in [-0.2, -0.15) is 0 Å². The average molecular weight is 402 g/mol. The Morgan fingerprint density at radius 1 is 0.741 bits per heavy atom. The molecule has 0 atom stereocenters. The number of hydrogen-bond donors (Lipinski definition) is 1. The normalized spacial score (nSPS) is 10.3. The Morgan fingerprint density at radius 3 is 1.89 bits per heavy atom. The molecule has 1 N–H and O–H groups in total. The molecule has 6 heteroatoms. The largest absolute Gasteiger partial charge is 0.490 e.